The quantitative estimate of drug-likeness (QED) is 0.364. The van der Waals surface area contributed by atoms with Crippen molar-refractivity contribution < 1.29 is 9.47 Å². The highest BCUT2D eigenvalue weighted by molar-refractivity contribution is 7.22. The fraction of sp³-hybridized carbons (Fsp3) is 0.118. The van der Waals surface area contributed by atoms with E-state index < -0.39 is 0 Å². The van der Waals surface area contributed by atoms with Gasteiger partial charge in [-0.3, -0.25) is 10.9 Å². The predicted octanol–water partition coefficient (Wildman–Crippen LogP) is 3.28. The molecule has 0 aliphatic heterocycles. The van der Waals surface area contributed by atoms with Crippen molar-refractivity contribution in [2.75, 3.05) is 30.8 Å². The minimum absolute atomic E-state index is 0.605. The van der Waals surface area contributed by atoms with Gasteiger partial charge in [0.25, 0.3) is 0 Å². The van der Waals surface area contributed by atoms with E-state index in [0.29, 0.717) is 28.1 Å². The molecule has 0 amide bonds. The molecule has 4 N–H and O–H groups in total. The molecule has 0 bridgehead atoms. The first-order valence-electron chi connectivity index (χ1n) is 7.73. The number of anilines is 3. The van der Waals surface area contributed by atoms with Gasteiger partial charge in [0.15, 0.2) is 17.3 Å². The van der Waals surface area contributed by atoms with Crippen LogP contribution in [0.5, 0.6) is 11.5 Å². The maximum Gasteiger partial charge on any atom is 0.202 e. The van der Waals surface area contributed by atoms with E-state index in [9.17, 15) is 0 Å². The maximum atomic E-state index is 5.82. The SMILES string of the molecule is COc1cc2ncnc(NNc3nc4ccc(N)cc4s3)c2cc1OC. The van der Waals surface area contributed by atoms with Crippen molar-refractivity contribution in [1.82, 2.24) is 15.0 Å². The molecular weight excluding hydrogens is 352 g/mol. The van der Waals surface area contributed by atoms with Gasteiger partial charge in [-0.2, -0.15) is 0 Å². The number of nitrogens with zero attached hydrogens (tertiary/aromatic N) is 3. The normalized spacial score (nSPS) is 10.8. The Morgan fingerprint density at radius 1 is 0.962 bits per heavy atom. The van der Waals surface area contributed by atoms with Gasteiger partial charge in [0.05, 0.1) is 30.0 Å². The number of thiazole rings is 1. The van der Waals surface area contributed by atoms with Gasteiger partial charge in [-0.05, 0) is 24.3 Å². The molecule has 0 spiro atoms. The second-order valence-electron chi connectivity index (χ2n) is 5.44. The number of fused-ring (bicyclic) bond motifs is 2. The molecule has 2 heterocycles. The van der Waals surface area contributed by atoms with Gasteiger partial charge in [0.2, 0.25) is 5.13 Å². The zero-order valence-electron chi connectivity index (χ0n) is 14.1. The van der Waals surface area contributed by atoms with Crippen LogP contribution in [0.1, 0.15) is 0 Å². The highest BCUT2D eigenvalue weighted by Gasteiger charge is 2.11. The average molecular weight is 368 g/mol. The van der Waals surface area contributed by atoms with Crippen molar-refractivity contribution in [2.45, 2.75) is 0 Å². The van der Waals surface area contributed by atoms with Crippen molar-refractivity contribution in [3.8, 4) is 11.5 Å². The van der Waals surface area contributed by atoms with Gasteiger partial charge in [0.1, 0.15) is 6.33 Å². The van der Waals surface area contributed by atoms with E-state index in [4.69, 9.17) is 15.2 Å². The van der Waals surface area contributed by atoms with E-state index in [1.54, 1.807) is 14.2 Å². The second kappa shape index (κ2) is 6.52. The van der Waals surface area contributed by atoms with Crippen molar-refractivity contribution >= 4 is 49.1 Å². The van der Waals surface area contributed by atoms with Crippen LogP contribution < -0.4 is 26.1 Å². The molecule has 8 nitrogen and oxygen atoms in total. The van der Waals surface area contributed by atoms with E-state index in [-0.39, 0.29) is 0 Å². The average Bonchev–Trinajstić information content (AvgIpc) is 3.07. The van der Waals surface area contributed by atoms with Crippen LogP contribution in [0.2, 0.25) is 0 Å². The summed E-state index contributed by atoms with van der Waals surface area (Å²) in [7, 11) is 3.18. The van der Waals surface area contributed by atoms with Crippen LogP contribution in [0, 0.1) is 0 Å². The molecule has 4 rings (SSSR count). The van der Waals surface area contributed by atoms with Crippen molar-refractivity contribution in [3.63, 3.8) is 0 Å². The van der Waals surface area contributed by atoms with Gasteiger partial charge < -0.3 is 15.2 Å². The number of methoxy groups -OCH3 is 2. The van der Waals surface area contributed by atoms with Gasteiger partial charge in [-0.15, -0.1) is 0 Å². The summed E-state index contributed by atoms with van der Waals surface area (Å²) in [5.74, 6) is 1.82. The summed E-state index contributed by atoms with van der Waals surface area (Å²) < 4.78 is 11.7. The number of ether oxygens (including phenoxy) is 2. The fourth-order valence-corrected chi connectivity index (χ4v) is 3.46. The zero-order valence-corrected chi connectivity index (χ0v) is 14.9. The van der Waals surface area contributed by atoms with Crippen LogP contribution in [-0.2, 0) is 0 Å². The lowest BCUT2D eigenvalue weighted by Crippen LogP contribution is -2.10. The first kappa shape index (κ1) is 16.2. The summed E-state index contributed by atoms with van der Waals surface area (Å²) in [5, 5.41) is 1.50. The number of hydrogen-bond acceptors (Lipinski definition) is 9. The number of nitrogens with two attached hydrogens (primary N) is 1. The Balaban J connectivity index is 1.65. The molecule has 0 fully saturated rings. The second-order valence-corrected chi connectivity index (χ2v) is 6.47. The number of hydrazine groups is 1. The molecule has 132 valence electrons. The number of nitrogens with one attached hydrogen (secondary N) is 2. The molecule has 0 aliphatic carbocycles. The van der Waals surface area contributed by atoms with Gasteiger partial charge in [0, 0.05) is 17.1 Å². The summed E-state index contributed by atoms with van der Waals surface area (Å²) in [4.78, 5) is 13.1. The van der Waals surface area contributed by atoms with E-state index in [2.05, 4.69) is 25.8 Å². The molecule has 2 aromatic carbocycles. The maximum absolute atomic E-state index is 5.82. The predicted molar refractivity (Wildman–Crippen MR) is 104 cm³/mol. The Bertz CT molecular complexity index is 1100. The smallest absolute Gasteiger partial charge is 0.202 e. The van der Waals surface area contributed by atoms with Crippen molar-refractivity contribution in [1.29, 1.82) is 0 Å². The largest absolute Gasteiger partial charge is 0.493 e. The summed E-state index contributed by atoms with van der Waals surface area (Å²) in [6, 6.07) is 9.26. The Morgan fingerprint density at radius 3 is 2.58 bits per heavy atom. The molecule has 0 atom stereocenters. The Morgan fingerprint density at radius 2 is 1.77 bits per heavy atom. The zero-order chi connectivity index (χ0) is 18.1. The van der Waals surface area contributed by atoms with Gasteiger partial charge in [-0.25, -0.2) is 15.0 Å². The first-order valence-corrected chi connectivity index (χ1v) is 8.54. The molecule has 26 heavy (non-hydrogen) atoms. The highest BCUT2D eigenvalue weighted by Crippen LogP contribution is 2.34. The lowest BCUT2D eigenvalue weighted by atomic mass is 10.2. The number of aromatic nitrogens is 3. The minimum Gasteiger partial charge on any atom is -0.493 e. The molecule has 0 saturated carbocycles. The van der Waals surface area contributed by atoms with Crippen LogP contribution in [0.4, 0.5) is 16.6 Å². The lowest BCUT2D eigenvalue weighted by molar-refractivity contribution is 0.356. The third-order valence-corrected chi connectivity index (χ3v) is 4.77. The molecule has 0 saturated heterocycles. The van der Waals surface area contributed by atoms with Gasteiger partial charge >= 0.3 is 0 Å². The molecule has 0 aliphatic rings. The summed E-state index contributed by atoms with van der Waals surface area (Å²) in [6.45, 7) is 0. The first-order chi connectivity index (χ1) is 12.7. The van der Waals surface area contributed by atoms with Crippen LogP contribution >= 0.6 is 11.3 Å². The monoisotopic (exact) mass is 368 g/mol. The Labute approximate surface area is 153 Å². The molecular formula is C17H16N6O2S. The number of hydrogen-bond donors (Lipinski definition) is 3. The van der Waals surface area contributed by atoms with Crippen LogP contribution in [0.25, 0.3) is 21.1 Å². The number of nitrogen functional groups attached to an aromatic ring is 1. The van der Waals surface area contributed by atoms with Gasteiger partial charge in [-0.1, -0.05) is 11.3 Å². The van der Waals surface area contributed by atoms with Crippen LogP contribution in [0.15, 0.2) is 36.7 Å². The number of benzene rings is 2. The van der Waals surface area contributed by atoms with Crippen molar-refractivity contribution in [3.05, 3.63) is 36.7 Å². The van der Waals surface area contributed by atoms with Crippen molar-refractivity contribution in [2.24, 2.45) is 0 Å². The Hall–Kier alpha value is -3.33. The molecule has 0 radical (unpaired) electrons. The van der Waals surface area contributed by atoms with E-state index in [1.165, 1.54) is 17.7 Å². The summed E-state index contributed by atoms with van der Waals surface area (Å²) in [6.07, 6.45) is 1.48. The van der Waals surface area contributed by atoms with Crippen LogP contribution in [-0.4, -0.2) is 29.2 Å². The summed E-state index contributed by atoms with van der Waals surface area (Å²) >= 11 is 1.50. The van der Waals surface area contributed by atoms with E-state index >= 15 is 0 Å². The highest BCUT2D eigenvalue weighted by atomic mass is 32.1. The number of rotatable bonds is 5. The minimum atomic E-state index is 0.605. The van der Waals surface area contributed by atoms with E-state index in [1.807, 2.05) is 30.3 Å². The van der Waals surface area contributed by atoms with E-state index in [0.717, 1.165) is 21.1 Å². The molecule has 9 heteroatoms. The fourth-order valence-electron chi connectivity index (χ4n) is 2.59. The molecule has 4 aromatic rings. The third kappa shape index (κ3) is 2.88. The third-order valence-electron chi connectivity index (χ3n) is 3.84. The Kier molecular flexibility index (Phi) is 4.05. The standard InChI is InChI=1S/C17H16N6O2S/c1-24-13-6-10-12(7-14(13)25-2)19-8-20-16(10)22-23-17-21-11-4-3-9(18)5-15(11)26-17/h3-8H,18H2,1-2H3,(H,21,23)(H,19,20,22). The van der Waals surface area contributed by atoms with Crippen LogP contribution in [0.3, 0.4) is 0 Å². The molecule has 2 aromatic heterocycles. The molecule has 0 unspecified atom stereocenters. The lowest BCUT2D eigenvalue weighted by Gasteiger charge is -2.12. The summed E-state index contributed by atoms with van der Waals surface area (Å²) in [5.41, 5.74) is 14.3. The topological polar surface area (TPSA) is 107 Å².